The first-order valence-corrected chi connectivity index (χ1v) is 8.81. The normalized spacial score (nSPS) is 11.9. The van der Waals surface area contributed by atoms with Crippen LogP contribution in [0.15, 0.2) is 58.5 Å². The van der Waals surface area contributed by atoms with E-state index in [0.29, 0.717) is 33.2 Å². The number of fused-ring (bicyclic) bond motifs is 1. The van der Waals surface area contributed by atoms with Gasteiger partial charge < -0.3 is 4.74 Å². The molecule has 0 unspecified atom stereocenters. The predicted molar refractivity (Wildman–Crippen MR) is 99.4 cm³/mol. The van der Waals surface area contributed by atoms with Crippen LogP contribution in [0.4, 0.5) is 0 Å². The number of hydrogen-bond donors (Lipinski definition) is 0. The van der Waals surface area contributed by atoms with Crippen LogP contribution in [-0.4, -0.2) is 22.4 Å². The Bertz CT molecular complexity index is 1010. The zero-order chi connectivity index (χ0) is 17.8. The van der Waals surface area contributed by atoms with Crippen molar-refractivity contribution in [3.8, 4) is 17.5 Å². The van der Waals surface area contributed by atoms with Gasteiger partial charge in [-0.25, -0.2) is 4.98 Å². The van der Waals surface area contributed by atoms with E-state index in [2.05, 4.69) is 11.1 Å². The molecular weight excluding hydrogens is 334 g/mol. The van der Waals surface area contributed by atoms with Gasteiger partial charge in [-0.3, -0.25) is 9.36 Å². The van der Waals surface area contributed by atoms with Crippen LogP contribution in [0.1, 0.15) is 6.92 Å². The molecule has 0 fully saturated rings. The van der Waals surface area contributed by atoms with E-state index in [0.717, 1.165) is 0 Å². The summed E-state index contributed by atoms with van der Waals surface area (Å²) in [5.74, 6) is 1.09. The lowest BCUT2D eigenvalue weighted by molar-refractivity contribution is 0.414. The summed E-state index contributed by atoms with van der Waals surface area (Å²) >= 11 is 1.41. The minimum Gasteiger partial charge on any atom is -0.497 e. The molecule has 0 amide bonds. The molecule has 0 N–H and O–H groups in total. The molecule has 1 heterocycles. The number of hydrogen-bond acceptors (Lipinski definition) is 5. The van der Waals surface area contributed by atoms with E-state index >= 15 is 0 Å². The van der Waals surface area contributed by atoms with Gasteiger partial charge in [0.05, 0.1) is 35.7 Å². The van der Waals surface area contributed by atoms with Crippen LogP contribution in [-0.2, 0) is 0 Å². The number of methoxy groups -OCH3 is 1. The number of benzene rings is 2. The number of aromatic nitrogens is 2. The number of nitrogens with zero attached hydrogens (tertiary/aromatic N) is 3. The molecule has 126 valence electrons. The first-order valence-electron chi connectivity index (χ1n) is 7.82. The lowest BCUT2D eigenvalue weighted by Crippen LogP contribution is -2.22. The fourth-order valence-electron chi connectivity index (χ4n) is 2.42. The predicted octanol–water partition coefficient (Wildman–Crippen LogP) is 3.65. The first-order chi connectivity index (χ1) is 12.1. The van der Waals surface area contributed by atoms with E-state index in [1.807, 2.05) is 43.3 Å². The fourth-order valence-corrected chi connectivity index (χ4v) is 3.38. The van der Waals surface area contributed by atoms with Crippen molar-refractivity contribution in [2.24, 2.45) is 5.92 Å². The highest BCUT2D eigenvalue weighted by atomic mass is 32.2. The largest absolute Gasteiger partial charge is 0.497 e. The average Bonchev–Trinajstić information content (AvgIpc) is 2.66. The molecule has 6 heteroatoms. The third-order valence-corrected chi connectivity index (χ3v) is 4.94. The zero-order valence-electron chi connectivity index (χ0n) is 14.0. The highest BCUT2D eigenvalue weighted by molar-refractivity contribution is 7.99. The number of para-hydroxylation sites is 1. The third-order valence-electron chi connectivity index (χ3n) is 3.74. The topological polar surface area (TPSA) is 67.9 Å². The van der Waals surface area contributed by atoms with E-state index in [4.69, 9.17) is 10.00 Å². The molecule has 3 aromatic rings. The molecule has 0 saturated carbocycles. The Morgan fingerprint density at radius 1 is 1.28 bits per heavy atom. The summed E-state index contributed by atoms with van der Waals surface area (Å²) in [5.41, 5.74) is 1.21. The monoisotopic (exact) mass is 351 g/mol. The molecule has 0 bridgehead atoms. The number of ether oxygens (including phenoxy) is 1. The van der Waals surface area contributed by atoms with Gasteiger partial charge >= 0.3 is 0 Å². The van der Waals surface area contributed by atoms with Crippen LogP contribution in [0.2, 0.25) is 0 Å². The van der Waals surface area contributed by atoms with Crippen LogP contribution in [0.3, 0.4) is 0 Å². The summed E-state index contributed by atoms with van der Waals surface area (Å²) in [7, 11) is 1.59. The van der Waals surface area contributed by atoms with Gasteiger partial charge in [0, 0.05) is 11.8 Å². The van der Waals surface area contributed by atoms with E-state index < -0.39 is 0 Å². The Balaban J connectivity index is 2.21. The lowest BCUT2D eigenvalue weighted by atomic mass is 10.2. The SMILES string of the molecule is COc1cccc(-n2c(SC[C@H](C)C#N)nc3ccccc3c2=O)c1. The Kier molecular flexibility index (Phi) is 5.05. The van der Waals surface area contributed by atoms with Crippen LogP contribution in [0.5, 0.6) is 5.75 Å². The molecule has 0 radical (unpaired) electrons. The Morgan fingerprint density at radius 2 is 2.08 bits per heavy atom. The molecule has 0 aliphatic carbocycles. The molecule has 1 aromatic heterocycles. The van der Waals surface area contributed by atoms with Gasteiger partial charge in [0.15, 0.2) is 5.16 Å². The van der Waals surface area contributed by atoms with Gasteiger partial charge in [0.1, 0.15) is 5.75 Å². The minimum absolute atomic E-state index is 0.132. The van der Waals surface area contributed by atoms with E-state index in [9.17, 15) is 4.79 Å². The van der Waals surface area contributed by atoms with Crippen LogP contribution in [0, 0.1) is 17.2 Å². The number of nitriles is 1. The standard InChI is InChI=1S/C19H17N3O2S/c1-13(11-20)12-25-19-21-17-9-4-3-8-16(17)18(23)22(19)14-6-5-7-15(10-14)24-2/h3-10,13H,12H2,1-2H3/t13-/m1/s1. The lowest BCUT2D eigenvalue weighted by Gasteiger charge is -2.14. The molecule has 2 aromatic carbocycles. The van der Waals surface area contributed by atoms with E-state index in [1.54, 1.807) is 23.8 Å². The summed E-state index contributed by atoms with van der Waals surface area (Å²) in [4.78, 5) is 17.7. The van der Waals surface area contributed by atoms with Crippen LogP contribution >= 0.6 is 11.8 Å². The van der Waals surface area contributed by atoms with Gasteiger partial charge in [-0.2, -0.15) is 5.26 Å². The average molecular weight is 351 g/mol. The van der Waals surface area contributed by atoms with Crippen molar-refractivity contribution in [3.05, 3.63) is 58.9 Å². The molecule has 5 nitrogen and oxygen atoms in total. The minimum atomic E-state index is -0.133. The van der Waals surface area contributed by atoms with Gasteiger partial charge in [-0.05, 0) is 31.2 Å². The molecular formula is C19H17N3O2S. The quantitative estimate of drug-likeness (QED) is 0.518. The van der Waals surface area contributed by atoms with Crippen molar-refractivity contribution in [1.82, 2.24) is 9.55 Å². The van der Waals surface area contributed by atoms with Crippen LogP contribution in [0.25, 0.3) is 16.6 Å². The summed E-state index contributed by atoms with van der Waals surface area (Å²) in [6.45, 7) is 1.85. The van der Waals surface area contributed by atoms with Crippen molar-refractivity contribution in [3.63, 3.8) is 0 Å². The number of rotatable bonds is 5. The molecule has 1 atom stereocenters. The molecule has 25 heavy (non-hydrogen) atoms. The molecule has 0 aliphatic heterocycles. The third kappa shape index (κ3) is 3.52. The zero-order valence-corrected chi connectivity index (χ0v) is 14.8. The van der Waals surface area contributed by atoms with E-state index in [1.165, 1.54) is 11.8 Å². The van der Waals surface area contributed by atoms with E-state index in [-0.39, 0.29) is 11.5 Å². The van der Waals surface area contributed by atoms with Gasteiger partial charge in [0.25, 0.3) is 5.56 Å². The second-order valence-electron chi connectivity index (χ2n) is 5.59. The molecule has 3 rings (SSSR count). The van der Waals surface area contributed by atoms with Crippen molar-refractivity contribution < 1.29 is 4.74 Å². The fraction of sp³-hybridized carbons (Fsp3) is 0.211. The smallest absolute Gasteiger partial charge is 0.266 e. The summed E-state index contributed by atoms with van der Waals surface area (Å²) in [6.07, 6.45) is 0. The van der Waals surface area contributed by atoms with Crippen molar-refractivity contribution >= 4 is 22.7 Å². The van der Waals surface area contributed by atoms with Gasteiger partial charge in [-0.15, -0.1) is 0 Å². The Morgan fingerprint density at radius 3 is 2.84 bits per heavy atom. The van der Waals surface area contributed by atoms with Crippen LogP contribution < -0.4 is 10.3 Å². The summed E-state index contributed by atoms with van der Waals surface area (Å²) in [5, 5.41) is 10.2. The van der Waals surface area contributed by atoms with Crippen molar-refractivity contribution in [2.75, 3.05) is 12.9 Å². The van der Waals surface area contributed by atoms with Crippen molar-refractivity contribution in [2.45, 2.75) is 12.1 Å². The highest BCUT2D eigenvalue weighted by Crippen LogP contribution is 2.24. The maximum Gasteiger partial charge on any atom is 0.266 e. The maximum absolute atomic E-state index is 13.1. The molecule has 0 saturated heterocycles. The number of thioether (sulfide) groups is 1. The summed E-state index contributed by atoms with van der Waals surface area (Å²) < 4.78 is 6.86. The first kappa shape index (κ1) is 17.1. The van der Waals surface area contributed by atoms with Crippen molar-refractivity contribution in [1.29, 1.82) is 5.26 Å². The highest BCUT2D eigenvalue weighted by Gasteiger charge is 2.14. The Labute approximate surface area is 149 Å². The molecule has 0 aliphatic rings. The van der Waals surface area contributed by atoms with Gasteiger partial charge in [0.2, 0.25) is 0 Å². The Hall–Kier alpha value is -2.78. The second kappa shape index (κ2) is 7.41. The second-order valence-corrected chi connectivity index (χ2v) is 6.58. The molecule has 0 spiro atoms. The maximum atomic E-state index is 13.1. The van der Waals surface area contributed by atoms with Gasteiger partial charge in [-0.1, -0.05) is 30.0 Å². The summed E-state index contributed by atoms with van der Waals surface area (Å²) in [6, 6.07) is 16.8.